The van der Waals surface area contributed by atoms with Crippen LogP contribution < -0.4 is 4.90 Å². The van der Waals surface area contributed by atoms with Gasteiger partial charge in [0.15, 0.2) is 0 Å². The third-order valence-electron chi connectivity index (χ3n) is 4.85. The van der Waals surface area contributed by atoms with Crippen LogP contribution in [0, 0.1) is 11.8 Å². The van der Waals surface area contributed by atoms with E-state index in [9.17, 15) is 18.0 Å². The number of pyridine rings is 1. The van der Waals surface area contributed by atoms with Gasteiger partial charge in [-0.3, -0.25) is 9.78 Å². The summed E-state index contributed by atoms with van der Waals surface area (Å²) in [5, 5.41) is 0. The zero-order valence-electron chi connectivity index (χ0n) is 13.7. The van der Waals surface area contributed by atoms with Gasteiger partial charge in [-0.2, -0.15) is 13.2 Å². The van der Waals surface area contributed by atoms with Gasteiger partial charge in [0.2, 0.25) is 5.91 Å². The number of halogens is 3. The van der Waals surface area contributed by atoms with Gasteiger partial charge in [0, 0.05) is 44.5 Å². The quantitative estimate of drug-likeness (QED) is 0.844. The Bertz CT molecular complexity index is 593. The summed E-state index contributed by atoms with van der Waals surface area (Å²) in [5.74, 6) is 0.881. The summed E-state index contributed by atoms with van der Waals surface area (Å²) in [7, 11) is 1.85. The molecule has 7 heteroatoms. The first-order valence-electron chi connectivity index (χ1n) is 8.38. The fraction of sp³-hybridized carbons (Fsp3) is 0.647. The third kappa shape index (κ3) is 3.99. The minimum absolute atomic E-state index is 0.229. The van der Waals surface area contributed by atoms with Crippen LogP contribution in [0.2, 0.25) is 0 Å². The lowest BCUT2D eigenvalue weighted by molar-refractivity contribution is -0.141. The van der Waals surface area contributed by atoms with Crippen LogP contribution in [0.3, 0.4) is 0 Å². The van der Waals surface area contributed by atoms with Crippen molar-refractivity contribution >= 4 is 11.6 Å². The minimum Gasteiger partial charge on any atom is -0.371 e. The van der Waals surface area contributed by atoms with Crippen molar-refractivity contribution in [2.24, 2.45) is 11.8 Å². The first-order chi connectivity index (χ1) is 11.3. The van der Waals surface area contributed by atoms with Gasteiger partial charge in [0.05, 0.1) is 0 Å². The molecule has 1 aliphatic heterocycles. The lowest BCUT2D eigenvalue weighted by Gasteiger charge is -2.35. The molecule has 2 fully saturated rings. The molecule has 0 N–H and O–H groups in total. The predicted molar refractivity (Wildman–Crippen MR) is 84.5 cm³/mol. The lowest BCUT2D eigenvalue weighted by Crippen LogP contribution is -2.40. The molecule has 1 aromatic heterocycles. The molecule has 0 radical (unpaired) electrons. The van der Waals surface area contributed by atoms with E-state index in [4.69, 9.17) is 0 Å². The Hall–Kier alpha value is -1.79. The van der Waals surface area contributed by atoms with Crippen molar-refractivity contribution in [3.63, 3.8) is 0 Å². The molecular weight excluding hydrogens is 319 g/mol. The van der Waals surface area contributed by atoms with Crippen molar-refractivity contribution in [3.05, 3.63) is 24.0 Å². The van der Waals surface area contributed by atoms with Crippen LogP contribution in [0.1, 0.15) is 31.4 Å². The van der Waals surface area contributed by atoms with E-state index in [1.165, 1.54) is 6.20 Å². The number of amides is 1. The van der Waals surface area contributed by atoms with Gasteiger partial charge in [-0.1, -0.05) is 0 Å². The molecule has 0 bridgehead atoms. The number of hydrogen-bond acceptors (Lipinski definition) is 3. The zero-order chi connectivity index (χ0) is 17.3. The van der Waals surface area contributed by atoms with E-state index in [1.807, 2.05) is 16.8 Å². The largest absolute Gasteiger partial charge is 0.433 e. The molecule has 1 aromatic rings. The number of carbonyl (C=O) groups excluding carboxylic acids is 1. The average molecular weight is 341 g/mol. The van der Waals surface area contributed by atoms with Crippen LogP contribution in [-0.4, -0.2) is 42.5 Å². The summed E-state index contributed by atoms with van der Waals surface area (Å²) in [6.45, 7) is 2.15. The van der Waals surface area contributed by atoms with Gasteiger partial charge in [-0.25, -0.2) is 0 Å². The minimum atomic E-state index is -4.42. The monoisotopic (exact) mass is 341 g/mol. The maximum atomic E-state index is 12.8. The molecule has 1 saturated heterocycles. The molecule has 2 aliphatic rings. The molecule has 0 atom stereocenters. The van der Waals surface area contributed by atoms with E-state index in [-0.39, 0.29) is 11.8 Å². The highest BCUT2D eigenvalue weighted by molar-refractivity contribution is 5.80. The number of rotatable bonds is 4. The normalized spacial score (nSPS) is 19.4. The molecule has 24 heavy (non-hydrogen) atoms. The van der Waals surface area contributed by atoms with E-state index in [2.05, 4.69) is 4.98 Å². The van der Waals surface area contributed by atoms with Crippen LogP contribution in [0.15, 0.2) is 18.3 Å². The van der Waals surface area contributed by atoms with Crippen molar-refractivity contribution in [1.29, 1.82) is 0 Å². The Morgan fingerprint density at radius 1 is 1.29 bits per heavy atom. The van der Waals surface area contributed by atoms with Gasteiger partial charge < -0.3 is 9.80 Å². The second-order valence-electron chi connectivity index (χ2n) is 6.82. The van der Waals surface area contributed by atoms with Crippen LogP contribution in [0.5, 0.6) is 0 Å². The highest BCUT2D eigenvalue weighted by Crippen LogP contribution is 2.33. The van der Waals surface area contributed by atoms with E-state index in [0.29, 0.717) is 24.7 Å². The van der Waals surface area contributed by atoms with Gasteiger partial charge >= 0.3 is 6.18 Å². The molecular formula is C17H22F3N3O. The number of aromatic nitrogens is 1. The molecule has 1 aliphatic carbocycles. The van der Waals surface area contributed by atoms with Crippen molar-refractivity contribution in [3.8, 4) is 0 Å². The standard InChI is InChI=1S/C17H22F3N3O/c1-22(16(24)13-2-3-13)11-12-5-8-23(9-6-12)14-4-7-21-15(10-14)17(18,19)20/h4,7,10,12-13H,2-3,5-6,8-9,11H2,1H3. The summed E-state index contributed by atoms with van der Waals surface area (Å²) in [6, 6.07) is 2.74. The van der Waals surface area contributed by atoms with Crippen molar-refractivity contribution in [2.75, 3.05) is 31.6 Å². The Morgan fingerprint density at radius 2 is 1.96 bits per heavy atom. The molecule has 3 rings (SSSR count). The first-order valence-corrected chi connectivity index (χ1v) is 8.38. The van der Waals surface area contributed by atoms with Gasteiger partial charge in [-0.15, -0.1) is 0 Å². The number of piperidine rings is 1. The molecule has 132 valence electrons. The zero-order valence-corrected chi connectivity index (χ0v) is 13.7. The maximum absolute atomic E-state index is 12.8. The molecule has 4 nitrogen and oxygen atoms in total. The summed E-state index contributed by atoms with van der Waals surface area (Å²) >= 11 is 0. The summed E-state index contributed by atoms with van der Waals surface area (Å²) in [6.07, 6.45) is 0.570. The maximum Gasteiger partial charge on any atom is 0.433 e. The van der Waals surface area contributed by atoms with Crippen LogP contribution >= 0.6 is 0 Å². The van der Waals surface area contributed by atoms with Crippen molar-refractivity contribution in [2.45, 2.75) is 31.9 Å². The number of alkyl halides is 3. The number of nitrogens with zero attached hydrogens (tertiary/aromatic N) is 3. The van der Waals surface area contributed by atoms with E-state index in [0.717, 1.165) is 38.3 Å². The van der Waals surface area contributed by atoms with Crippen LogP contribution in [0.4, 0.5) is 18.9 Å². The molecule has 1 saturated carbocycles. The SMILES string of the molecule is CN(CC1CCN(c2ccnc(C(F)(F)F)c2)CC1)C(=O)C1CC1. The molecule has 0 spiro atoms. The molecule has 0 unspecified atom stereocenters. The van der Waals surface area contributed by atoms with Gasteiger partial charge in [0.1, 0.15) is 5.69 Å². The Balaban J connectivity index is 1.54. The highest BCUT2D eigenvalue weighted by atomic mass is 19.4. The molecule has 1 amide bonds. The smallest absolute Gasteiger partial charge is 0.371 e. The predicted octanol–water partition coefficient (Wildman–Crippen LogP) is 3.19. The number of hydrogen-bond donors (Lipinski definition) is 0. The van der Waals surface area contributed by atoms with Crippen molar-refractivity contribution < 1.29 is 18.0 Å². The first kappa shape index (κ1) is 17.0. The van der Waals surface area contributed by atoms with Crippen LogP contribution in [-0.2, 0) is 11.0 Å². The lowest BCUT2D eigenvalue weighted by atomic mass is 9.95. The van der Waals surface area contributed by atoms with Crippen LogP contribution in [0.25, 0.3) is 0 Å². The van der Waals surface area contributed by atoms with Gasteiger partial charge in [0.25, 0.3) is 0 Å². The van der Waals surface area contributed by atoms with E-state index < -0.39 is 11.9 Å². The summed E-state index contributed by atoms with van der Waals surface area (Å²) in [5.41, 5.74) is -0.282. The second kappa shape index (κ2) is 6.61. The molecule has 2 heterocycles. The average Bonchev–Trinajstić information content (AvgIpc) is 3.39. The third-order valence-corrected chi connectivity index (χ3v) is 4.85. The number of carbonyl (C=O) groups is 1. The topological polar surface area (TPSA) is 36.4 Å². The fourth-order valence-electron chi connectivity index (χ4n) is 3.26. The Labute approximate surface area is 139 Å². The van der Waals surface area contributed by atoms with E-state index >= 15 is 0 Å². The fourth-order valence-corrected chi connectivity index (χ4v) is 3.26. The Morgan fingerprint density at radius 3 is 2.54 bits per heavy atom. The van der Waals surface area contributed by atoms with Gasteiger partial charge in [-0.05, 0) is 43.7 Å². The number of anilines is 1. The van der Waals surface area contributed by atoms with Crippen molar-refractivity contribution in [1.82, 2.24) is 9.88 Å². The summed E-state index contributed by atoms with van der Waals surface area (Å²) < 4.78 is 38.3. The Kier molecular flexibility index (Phi) is 4.69. The highest BCUT2D eigenvalue weighted by Gasteiger charge is 2.34. The molecule has 0 aromatic carbocycles. The second-order valence-corrected chi connectivity index (χ2v) is 6.82. The summed E-state index contributed by atoms with van der Waals surface area (Å²) in [4.78, 5) is 19.2. The van der Waals surface area contributed by atoms with E-state index in [1.54, 1.807) is 6.07 Å².